The molecule has 0 bridgehead atoms. The summed E-state index contributed by atoms with van der Waals surface area (Å²) < 4.78 is 18.8. The first kappa shape index (κ1) is 19.4. The first-order chi connectivity index (χ1) is 13.6. The van der Waals surface area contributed by atoms with E-state index in [4.69, 9.17) is 10.5 Å². The van der Waals surface area contributed by atoms with Crippen molar-refractivity contribution in [2.24, 2.45) is 16.8 Å². The van der Waals surface area contributed by atoms with Gasteiger partial charge in [0.15, 0.2) is 0 Å². The van der Waals surface area contributed by atoms with Gasteiger partial charge in [0, 0.05) is 6.54 Å². The van der Waals surface area contributed by atoms with Crippen molar-refractivity contribution in [2.45, 2.75) is 19.9 Å². The number of hydrogen-bond donors (Lipinski definition) is 2. The third-order valence-electron chi connectivity index (χ3n) is 4.17. The molecular formula is C21H23FN4O2. The third-order valence-corrected chi connectivity index (χ3v) is 4.17. The summed E-state index contributed by atoms with van der Waals surface area (Å²) in [6, 6.07) is 15.4. The minimum absolute atomic E-state index is 0.171. The highest BCUT2D eigenvalue weighted by Gasteiger charge is 2.29. The molecule has 0 fully saturated rings. The topological polar surface area (TPSA) is 79.9 Å². The Morgan fingerprint density at radius 2 is 1.93 bits per heavy atom. The highest BCUT2D eigenvalue weighted by Crippen LogP contribution is 2.25. The van der Waals surface area contributed by atoms with Gasteiger partial charge in [0.05, 0.1) is 12.3 Å². The molecule has 1 aliphatic heterocycles. The number of nitrogens with zero attached hydrogens (tertiary/aromatic N) is 2. The van der Waals surface area contributed by atoms with Gasteiger partial charge >= 0.3 is 0 Å². The van der Waals surface area contributed by atoms with E-state index < -0.39 is 5.92 Å². The highest BCUT2D eigenvalue weighted by atomic mass is 19.1. The number of hydrogen-bond acceptors (Lipinski definition) is 5. The number of amidine groups is 1. The first-order valence-electron chi connectivity index (χ1n) is 9.14. The van der Waals surface area contributed by atoms with E-state index >= 15 is 0 Å². The third kappa shape index (κ3) is 4.68. The van der Waals surface area contributed by atoms with Crippen LogP contribution in [0, 0.1) is 11.7 Å². The molecule has 1 aliphatic rings. The Kier molecular flexibility index (Phi) is 6.26. The molecule has 1 heterocycles. The number of para-hydroxylation sites is 1. The molecule has 7 heteroatoms. The van der Waals surface area contributed by atoms with Gasteiger partial charge < -0.3 is 15.8 Å². The molecule has 3 rings (SSSR count). The molecule has 1 unspecified atom stereocenters. The van der Waals surface area contributed by atoms with Crippen LogP contribution < -0.4 is 16.1 Å². The standard InChI is InChI=1S/C21H23FN4O2/c1-2-12-28-19-13-18(20(23)25-26(19)17-6-4-3-5-7-17)21(27)24-14-15-8-10-16(22)11-9-15/h3-11,13,18H,2,12,14H2,1H3,(H2,23,25)(H,24,27). The van der Waals surface area contributed by atoms with Crippen molar-refractivity contribution in [3.05, 3.63) is 77.9 Å². The van der Waals surface area contributed by atoms with Gasteiger partial charge in [-0.05, 0) is 42.3 Å². The molecule has 0 spiro atoms. The molecule has 0 saturated heterocycles. The van der Waals surface area contributed by atoms with Gasteiger partial charge in [-0.25, -0.2) is 4.39 Å². The van der Waals surface area contributed by atoms with E-state index in [1.54, 1.807) is 23.2 Å². The zero-order valence-electron chi connectivity index (χ0n) is 15.6. The Hall–Kier alpha value is -3.35. The van der Waals surface area contributed by atoms with Crippen LogP contribution in [0.3, 0.4) is 0 Å². The maximum atomic E-state index is 13.0. The Balaban J connectivity index is 1.75. The first-order valence-corrected chi connectivity index (χ1v) is 9.14. The largest absolute Gasteiger partial charge is 0.478 e. The second-order valence-electron chi connectivity index (χ2n) is 6.35. The summed E-state index contributed by atoms with van der Waals surface area (Å²) in [4.78, 5) is 12.6. The van der Waals surface area contributed by atoms with E-state index in [2.05, 4.69) is 10.4 Å². The van der Waals surface area contributed by atoms with Gasteiger partial charge in [-0.1, -0.05) is 37.3 Å². The van der Waals surface area contributed by atoms with E-state index in [1.165, 1.54) is 12.1 Å². The average Bonchev–Trinajstić information content (AvgIpc) is 2.72. The molecule has 2 aromatic carbocycles. The van der Waals surface area contributed by atoms with Crippen LogP contribution in [0.5, 0.6) is 0 Å². The normalized spacial score (nSPS) is 16.2. The van der Waals surface area contributed by atoms with Crippen molar-refractivity contribution in [3.8, 4) is 0 Å². The predicted molar refractivity (Wildman–Crippen MR) is 107 cm³/mol. The molecule has 28 heavy (non-hydrogen) atoms. The van der Waals surface area contributed by atoms with Crippen LogP contribution in [-0.4, -0.2) is 18.3 Å². The lowest BCUT2D eigenvalue weighted by Gasteiger charge is -2.28. The number of ether oxygens (including phenoxy) is 1. The molecule has 1 amide bonds. The van der Waals surface area contributed by atoms with Crippen molar-refractivity contribution in [2.75, 3.05) is 11.6 Å². The molecule has 3 N–H and O–H groups in total. The Morgan fingerprint density at radius 3 is 2.61 bits per heavy atom. The lowest BCUT2D eigenvalue weighted by Crippen LogP contribution is -2.42. The molecule has 0 radical (unpaired) electrons. The number of hydrazone groups is 1. The molecule has 2 aromatic rings. The summed E-state index contributed by atoms with van der Waals surface area (Å²) in [5, 5.41) is 8.78. The number of amides is 1. The van der Waals surface area contributed by atoms with Gasteiger partial charge in [-0.15, -0.1) is 0 Å². The van der Waals surface area contributed by atoms with Crippen molar-refractivity contribution in [1.29, 1.82) is 0 Å². The minimum atomic E-state index is -0.743. The van der Waals surface area contributed by atoms with E-state index in [0.29, 0.717) is 12.5 Å². The van der Waals surface area contributed by atoms with Gasteiger partial charge in [0.25, 0.3) is 0 Å². The number of carbonyl (C=O) groups excluding carboxylic acids is 1. The number of rotatable bonds is 7. The van der Waals surface area contributed by atoms with Gasteiger partial charge in [0.1, 0.15) is 17.6 Å². The maximum absolute atomic E-state index is 13.0. The van der Waals surface area contributed by atoms with Crippen molar-refractivity contribution >= 4 is 17.4 Å². The van der Waals surface area contributed by atoms with Crippen LogP contribution in [0.1, 0.15) is 18.9 Å². The van der Waals surface area contributed by atoms with Crippen molar-refractivity contribution in [1.82, 2.24) is 5.32 Å². The lowest BCUT2D eigenvalue weighted by molar-refractivity contribution is -0.122. The van der Waals surface area contributed by atoms with Crippen LogP contribution in [0.25, 0.3) is 0 Å². The number of benzene rings is 2. The van der Waals surface area contributed by atoms with Crippen LogP contribution in [0.15, 0.2) is 71.7 Å². The van der Waals surface area contributed by atoms with E-state index in [0.717, 1.165) is 17.7 Å². The monoisotopic (exact) mass is 382 g/mol. The minimum Gasteiger partial charge on any atom is -0.478 e. The Morgan fingerprint density at radius 1 is 1.21 bits per heavy atom. The fourth-order valence-electron chi connectivity index (χ4n) is 2.71. The Labute approximate surface area is 163 Å². The summed E-state index contributed by atoms with van der Waals surface area (Å²) in [5.74, 6) is -0.725. The highest BCUT2D eigenvalue weighted by molar-refractivity contribution is 6.05. The SMILES string of the molecule is CCCOC1=CC(C(=O)NCc2ccc(F)cc2)C(N)=NN1c1ccccc1. The fraction of sp³-hybridized carbons (Fsp3) is 0.238. The average molecular weight is 382 g/mol. The van der Waals surface area contributed by atoms with Crippen molar-refractivity contribution in [3.63, 3.8) is 0 Å². The summed E-state index contributed by atoms with van der Waals surface area (Å²) in [7, 11) is 0. The van der Waals surface area contributed by atoms with E-state index in [1.807, 2.05) is 37.3 Å². The molecule has 0 aliphatic carbocycles. The molecule has 146 valence electrons. The van der Waals surface area contributed by atoms with Crippen LogP contribution in [-0.2, 0) is 16.1 Å². The van der Waals surface area contributed by atoms with Gasteiger partial charge in [-0.2, -0.15) is 10.1 Å². The lowest BCUT2D eigenvalue weighted by atomic mass is 10.1. The maximum Gasteiger partial charge on any atom is 0.235 e. The number of carbonyl (C=O) groups is 1. The molecule has 6 nitrogen and oxygen atoms in total. The number of nitrogens with one attached hydrogen (secondary N) is 1. The summed E-state index contributed by atoms with van der Waals surface area (Å²) in [6.45, 7) is 2.76. The molecule has 0 saturated carbocycles. The zero-order chi connectivity index (χ0) is 19.9. The summed E-state index contributed by atoms with van der Waals surface area (Å²) in [5.41, 5.74) is 7.67. The van der Waals surface area contributed by atoms with Crippen LogP contribution >= 0.6 is 0 Å². The number of halogens is 1. The van der Waals surface area contributed by atoms with Crippen LogP contribution in [0.4, 0.5) is 10.1 Å². The summed E-state index contributed by atoms with van der Waals surface area (Å²) >= 11 is 0. The molecule has 0 aromatic heterocycles. The molecule has 1 atom stereocenters. The second-order valence-corrected chi connectivity index (χ2v) is 6.35. The zero-order valence-corrected chi connectivity index (χ0v) is 15.6. The van der Waals surface area contributed by atoms with E-state index in [9.17, 15) is 9.18 Å². The smallest absolute Gasteiger partial charge is 0.235 e. The number of anilines is 1. The van der Waals surface area contributed by atoms with Gasteiger partial charge in [0.2, 0.25) is 11.8 Å². The molecular weight excluding hydrogens is 359 g/mol. The van der Waals surface area contributed by atoms with Crippen LogP contribution in [0.2, 0.25) is 0 Å². The van der Waals surface area contributed by atoms with E-state index in [-0.39, 0.29) is 24.1 Å². The summed E-state index contributed by atoms with van der Waals surface area (Å²) in [6.07, 6.45) is 2.49. The number of nitrogens with two attached hydrogens (primary N) is 1. The second kappa shape index (κ2) is 9.03. The van der Waals surface area contributed by atoms with Crippen molar-refractivity contribution < 1.29 is 13.9 Å². The predicted octanol–water partition coefficient (Wildman–Crippen LogP) is 3.12. The van der Waals surface area contributed by atoms with Gasteiger partial charge in [-0.3, -0.25) is 4.79 Å². The quantitative estimate of drug-likeness (QED) is 0.771. The Bertz CT molecular complexity index is 866. The fourth-order valence-corrected chi connectivity index (χ4v) is 2.71.